The van der Waals surface area contributed by atoms with Gasteiger partial charge in [0.25, 0.3) is 5.91 Å². The standard InChI is InChI=1S/C26H31NO4/c1-29-19-14-15-23-20(18-19)24-26(31-24)21-12-8-9-13-22(21)27(25(26)28)16-10-6-4-2-3-5-7-11-17-30-23/h8-9,12-15,18,24H,2-7,10-11,16-17H2,1H3/t24-,26-/m0/s1. The van der Waals surface area contributed by atoms with E-state index >= 15 is 0 Å². The molecule has 3 aliphatic rings. The first-order valence-electron chi connectivity index (χ1n) is 11.7. The number of benzene rings is 2. The molecule has 2 aromatic rings. The zero-order valence-electron chi connectivity index (χ0n) is 18.3. The first-order valence-corrected chi connectivity index (χ1v) is 11.7. The van der Waals surface area contributed by atoms with Crippen LogP contribution in [0.4, 0.5) is 5.69 Å². The molecule has 0 radical (unpaired) electrons. The molecule has 2 atom stereocenters. The van der Waals surface area contributed by atoms with Crippen molar-refractivity contribution >= 4 is 11.6 Å². The van der Waals surface area contributed by atoms with Crippen molar-refractivity contribution in [2.45, 2.75) is 63.1 Å². The van der Waals surface area contributed by atoms with Crippen LogP contribution in [0.15, 0.2) is 42.5 Å². The molecule has 3 heterocycles. The zero-order chi connectivity index (χ0) is 21.3. The number of rotatable bonds is 1. The van der Waals surface area contributed by atoms with Crippen molar-refractivity contribution in [1.29, 1.82) is 0 Å². The van der Waals surface area contributed by atoms with Crippen LogP contribution in [-0.2, 0) is 15.1 Å². The van der Waals surface area contributed by atoms with Crippen LogP contribution in [0.5, 0.6) is 11.5 Å². The molecule has 0 saturated carbocycles. The molecule has 0 N–H and O–H groups in total. The Kier molecular flexibility index (Phi) is 5.61. The molecule has 3 aliphatic heterocycles. The molecular weight excluding hydrogens is 390 g/mol. The normalized spacial score (nSPS) is 26.2. The summed E-state index contributed by atoms with van der Waals surface area (Å²) >= 11 is 0. The van der Waals surface area contributed by atoms with E-state index in [2.05, 4.69) is 0 Å². The Balaban J connectivity index is 1.51. The van der Waals surface area contributed by atoms with E-state index in [1.807, 2.05) is 47.4 Å². The lowest BCUT2D eigenvalue weighted by Crippen LogP contribution is -2.34. The Morgan fingerprint density at radius 2 is 1.71 bits per heavy atom. The summed E-state index contributed by atoms with van der Waals surface area (Å²) < 4.78 is 17.9. The highest BCUT2D eigenvalue weighted by Gasteiger charge is 2.70. The molecule has 2 aromatic carbocycles. The summed E-state index contributed by atoms with van der Waals surface area (Å²) in [5.74, 6) is 1.59. The number of epoxide rings is 1. The van der Waals surface area contributed by atoms with Gasteiger partial charge in [0, 0.05) is 17.7 Å². The van der Waals surface area contributed by atoms with E-state index in [-0.39, 0.29) is 12.0 Å². The second-order valence-corrected chi connectivity index (χ2v) is 8.79. The number of amides is 1. The third-order valence-corrected chi connectivity index (χ3v) is 6.81. The molecule has 1 spiro atoms. The van der Waals surface area contributed by atoms with Gasteiger partial charge in [-0.25, -0.2) is 0 Å². The van der Waals surface area contributed by atoms with Crippen LogP contribution in [0.3, 0.4) is 0 Å². The zero-order valence-corrected chi connectivity index (χ0v) is 18.3. The summed E-state index contributed by atoms with van der Waals surface area (Å²) in [6, 6.07) is 13.9. The average Bonchev–Trinajstić information content (AvgIpc) is 3.50. The number of fused-ring (bicyclic) bond motifs is 5. The minimum Gasteiger partial charge on any atom is -0.497 e. The van der Waals surface area contributed by atoms with Gasteiger partial charge in [-0.2, -0.15) is 0 Å². The molecule has 1 saturated heterocycles. The highest BCUT2D eigenvalue weighted by molar-refractivity contribution is 6.09. The third-order valence-electron chi connectivity index (χ3n) is 6.81. The van der Waals surface area contributed by atoms with Crippen LogP contribution in [-0.4, -0.2) is 26.2 Å². The maximum Gasteiger partial charge on any atom is 0.267 e. The number of carbonyl (C=O) groups excluding carboxylic acids is 1. The number of para-hydroxylation sites is 1. The van der Waals surface area contributed by atoms with Gasteiger partial charge in [0.15, 0.2) is 0 Å². The number of hydrogen-bond acceptors (Lipinski definition) is 4. The molecule has 2 bridgehead atoms. The van der Waals surface area contributed by atoms with Crippen molar-refractivity contribution in [3.8, 4) is 11.5 Å². The Morgan fingerprint density at radius 3 is 2.52 bits per heavy atom. The van der Waals surface area contributed by atoms with E-state index in [4.69, 9.17) is 14.2 Å². The van der Waals surface area contributed by atoms with Gasteiger partial charge in [0.05, 0.1) is 19.4 Å². The van der Waals surface area contributed by atoms with E-state index in [0.29, 0.717) is 6.61 Å². The minimum atomic E-state index is -0.935. The molecule has 0 aromatic heterocycles. The Morgan fingerprint density at radius 1 is 0.968 bits per heavy atom. The highest BCUT2D eigenvalue weighted by atomic mass is 16.6. The van der Waals surface area contributed by atoms with Crippen LogP contribution in [0, 0.1) is 0 Å². The first kappa shape index (κ1) is 20.4. The number of methoxy groups -OCH3 is 1. The fourth-order valence-corrected chi connectivity index (χ4v) is 5.08. The van der Waals surface area contributed by atoms with Crippen molar-refractivity contribution in [3.63, 3.8) is 0 Å². The lowest BCUT2D eigenvalue weighted by atomic mass is 9.92. The summed E-state index contributed by atoms with van der Waals surface area (Å²) in [5.41, 5.74) is 1.92. The number of ether oxygens (including phenoxy) is 3. The minimum absolute atomic E-state index is 0.0526. The SMILES string of the molecule is COc1ccc2c(c1)[C@@H]1O[C@]13C(=O)N(CCCCCCCCCCO2)c1ccccc13. The molecule has 1 fully saturated rings. The largest absolute Gasteiger partial charge is 0.497 e. The summed E-state index contributed by atoms with van der Waals surface area (Å²) in [5, 5.41) is 0. The number of carbonyl (C=O) groups is 1. The van der Waals surface area contributed by atoms with Gasteiger partial charge in [-0.15, -0.1) is 0 Å². The van der Waals surface area contributed by atoms with Crippen molar-refractivity contribution in [1.82, 2.24) is 0 Å². The summed E-state index contributed by atoms with van der Waals surface area (Å²) in [7, 11) is 1.66. The highest BCUT2D eigenvalue weighted by Crippen LogP contribution is 2.64. The van der Waals surface area contributed by atoms with Gasteiger partial charge >= 0.3 is 0 Å². The van der Waals surface area contributed by atoms with Gasteiger partial charge in [0.1, 0.15) is 17.6 Å². The Hall–Kier alpha value is -2.53. The number of nitrogens with zero attached hydrogens (tertiary/aromatic N) is 1. The van der Waals surface area contributed by atoms with E-state index < -0.39 is 5.60 Å². The van der Waals surface area contributed by atoms with Crippen LogP contribution in [0.1, 0.15) is 68.6 Å². The Labute approximate surface area is 184 Å². The molecule has 0 unspecified atom stereocenters. The topological polar surface area (TPSA) is 51.3 Å². The fourth-order valence-electron chi connectivity index (χ4n) is 5.08. The average molecular weight is 422 g/mol. The molecular formula is C26H31NO4. The maximum absolute atomic E-state index is 13.7. The monoisotopic (exact) mass is 421 g/mol. The fraction of sp³-hybridized carbons (Fsp3) is 0.500. The van der Waals surface area contributed by atoms with Gasteiger partial charge in [-0.1, -0.05) is 56.7 Å². The quantitative estimate of drug-likeness (QED) is 0.569. The van der Waals surface area contributed by atoms with Crippen molar-refractivity contribution in [2.75, 3.05) is 25.2 Å². The molecule has 164 valence electrons. The smallest absolute Gasteiger partial charge is 0.267 e. The predicted molar refractivity (Wildman–Crippen MR) is 120 cm³/mol. The molecule has 31 heavy (non-hydrogen) atoms. The molecule has 5 rings (SSSR count). The number of hydrogen-bond donors (Lipinski definition) is 0. The predicted octanol–water partition coefficient (Wildman–Crippen LogP) is 5.52. The molecule has 0 aliphatic carbocycles. The molecule has 5 heteroatoms. The maximum atomic E-state index is 13.7. The third kappa shape index (κ3) is 3.59. The van der Waals surface area contributed by atoms with Gasteiger partial charge in [-0.05, 0) is 37.1 Å². The van der Waals surface area contributed by atoms with E-state index in [0.717, 1.165) is 54.1 Å². The van der Waals surface area contributed by atoms with Crippen LogP contribution in [0.2, 0.25) is 0 Å². The van der Waals surface area contributed by atoms with Gasteiger partial charge < -0.3 is 19.1 Å². The summed E-state index contributed by atoms with van der Waals surface area (Å²) in [6.45, 7) is 1.42. The van der Waals surface area contributed by atoms with Gasteiger partial charge in [-0.3, -0.25) is 4.79 Å². The van der Waals surface area contributed by atoms with E-state index in [9.17, 15) is 4.79 Å². The van der Waals surface area contributed by atoms with Crippen LogP contribution >= 0.6 is 0 Å². The first-order chi connectivity index (χ1) is 15.3. The molecule has 5 nitrogen and oxygen atoms in total. The van der Waals surface area contributed by atoms with Crippen molar-refractivity contribution in [2.24, 2.45) is 0 Å². The summed E-state index contributed by atoms with van der Waals surface area (Å²) in [6.07, 6.45) is 9.09. The second kappa shape index (κ2) is 8.54. The lowest BCUT2D eigenvalue weighted by Gasteiger charge is -2.17. The second-order valence-electron chi connectivity index (χ2n) is 8.79. The summed E-state index contributed by atoms with van der Waals surface area (Å²) in [4.78, 5) is 15.6. The van der Waals surface area contributed by atoms with Crippen molar-refractivity contribution in [3.05, 3.63) is 53.6 Å². The van der Waals surface area contributed by atoms with Crippen molar-refractivity contribution < 1.29 is 19.0 Å². The van der Waals surface area contributed by atoms with E-state index in [1.165, 1.54) is 32.1 Å². The Bertz CT molecular complexity index is 958. The van der Waals surface area contributed by atoms with E-state index in [1.54, 1.807) is 7.11 Å². The van der Waals surface area contributed by atoms with Crippen LogP contribution < -0.4 is 14.4 Å². The lowest BCUT2D eigenvalue weighted by molar-refractivity contribution is -0.123. The number of anilines is 1. The van der Waals surface area contributed by atoms with Gasteiger partial charge in [0.2, 0.25) is 5.60 Å². The van der Waals surface area contributed by atoms with Crippen LogP contribution in [0.25, 0.3) is 0 Å². The molecule has 1 amide bonds.